The lowest BCUT2D eigenvalue weighted by Gasteiger charge is -2.19. The van der Waals surface area contributed by atoms with Crippen LogP contribution in [-0.4, -0.2) is 33.2 Å². The first-order chi connectivity index (χ1) is 10.8. The van der Waals surface area contributed by atoms with Crippen LogP contribution in [0, 0.1) is 0 Å². The largest absolute Gasteiger partial charge is 0.149 e. The topological polar surface area (TPSA) is 0 Å². The van der Waals surface area contributed by atoms with Crippen LogP contribution < -0.4 is 0 Å². The zero-order valence-corrected chi connectivity index (χ0v) is 19.8. The van der Waals surface area contributed by atoms with Gasteiger partial charge in [0.05, 0.1) is 34.6 Å². The molecule has 4 aliphatic rings. The van der Waals surface area contributed by atoms with Gasteiger partial charge in [0.1, 0.15) is 0 Å². The summed E-state index contributed by atoms with van der Waals surface area (Å²) in [4.78, 5) is 0. The molecule has 22 heavy (non-hydrogen) atoms. The van der Waals surface area contributed by atoms with Gasteiger partial charge >= 0.3 is 0 Å². The van der Waals surface area contributed by atoms with Crippen LogP contribution in [0.1, 0.15) is 0 Å². The van der Waals surface area contributed by atoms with Crippen molar-refractivity contribution in [2.24, 2.45) is 0 Å². The van der Waals surface area contributed by atoms with Crippen LogP contribution in [0.5, 0.6) is 0 Å². The second kappa shape index (κ2) is 8.17. The van der Waals surface area contributed by atoms with Gasteiger partial charge in [0.15, 0.2) is 0 Å². The van der Waals surface area contributed by atoms with Crippen molar-refractivity contribution in [3.05, 3.63) is 25.4 Å². The van der Waals surface area contributed by atoms with E-state index in [1.807, 2.05) is 94.1 Å². The molecular formula is C12H12S10. The van der Waals surface area contributed by atoms with Crippen LogP contribution in [0.25, 0.3) is 0 Å². The minimum atomic E-state index is 0.683. The highest BCUT2D eigenvalue weighted by molar-refractivity contribution is 8.48. The molecule has 0 fully saturated rings. The molecule has 4 rings (SSSR count). The molecule has 0 nitrogen and oxygen atoms in total. The lowest BCUT2D eigenvalue weighted by atomic mass is 10.9. The van der Waals surface area contributed by atoms with Gasteiger partial charge in [0.2, 0.25) is 0 Å². The SMILES string of the molecule is CSC(SC)C1SC2=C(SC(=C3SC4=C(SCCS4)S3)S2)S1. The average Bonchev–Trinajstić information content (AvgIpc) is 3.19. The third-order valence-electron chi connectivity index (χ3n) is 2.92. The van der Waals surface area contributed by atoms with Gasteiger partial charge in [0.25, 0.3) is 0 Å². The fourth-order valence-corrected chi connectivity index (χ4v) is 18.0. The Hall–Kier alpha value is 2.72. The van der Waals surface area contributed by atoms with Crippen LogP contribution in [0.15, 0.2) is 25.4 Å². The van der Waals surface area contributed by atoms with Gasteiger partial charge in [-0.2, -0.15) is 0 Å². The zero-order chi connectivity index (χ0) is 15.1. The Morgan fingerprint density at radius 1 is 0.727 bits per heavy atom. The first-order valence-corrected chi connectivity index (χ1v) is 15.9. The molecule has 0 aromatic rings. The Kier molecular flexibility index (Phi) is 6.72. The summed E-state index contributed by atoms with van der Waals surface area (Å²) in [6.45, 7) is 0. The van der Waals surface area contributed by atoms with Gasteiger partial charge in [-0.15, -0.1) is 70.6 Å². The summed E-state index contributed by atoms with van der Waals surface area (Å²) in [5.74, 6) is 2.54. The predicted octanol–water partition coefficient (Wildman–Crippen LogP) is 7.66. The summed E-state index contributed by atoms with van der Waals surface area (Å²) < 4.78 is 10.7. The Morgan fingerprint density at radius 3 is 1.64 bits per heavy atom. The minimum absolute atomic E-state index is 0.683. The normalized spacial score (nSPS) is 25.8. The minimum Gasteiger partial charge on any atom is -0.149 e. The molecule has 0 aromatic carbocycles. The molecule has 0 aliphatic carbocycles. The van der Waals surface area contributed by atoms with E-state index in [2.05, 4.69) is 36.0 Å². The number of hydrogen-bond donors (Lipinski definition) is 0. The second-order valence-electron chi connectivity index (χ2n) is 4.27. The molecule has 0 atom stereocenters. The van der Waals surface area contributed by atoms with Gasteiger partial charge < -0.3 is 0 Å². The van der Waals surface area contributed by atoms with Crippen LogP contribution in [-0.2, 0) is 0 Å². The molecule has 0 saturated carbocycles. The van der Waals surface area contributed by atoms with E-state index in [9.17, 15) is 0 Å². The molecule has 4 aliphatic heterocycles. The summed E-state index contributed by atoms with van der Waals surface area (Å²) in [5, 5.41) is 0. The highest BCUT2D eigenvalue weighted by Crippen LogP contribution is 2.71. The monoisotopic (exact) mass is 476 g/mol. The molecule has 120 valence electrons. The lowest BCUT2D eigenvalue weighted by Crippen LogP contribution is -2.09. The molecular weight excluding hydrogens is 465 g/mol. The Balaban J connectivity index is 1.41. The van der Waals surface area contributed by atoms with Gasteiger partial charge in [-0.3, -0.25) is 0 Å². The predicted molar refractivity (Wildman–Crippen MR) is 126 cm³/mol. The van der Waals surface area contributed by atoms with E-state index in [4.69, 9.17) is 0 Å². The van der Waals surface area contributed by atoms with E-state index < -0.39 is 0 Å². The van der Waals surface area contributed by atoms with Crippen molar-refractivity contribution >= 4 is 118 Å². The Morgan fingerprint density at radius 2 is 1.18 bits per heavy atom. The van der Waals surface area contributed by atoms with Crippen molar-refractivity contribution in [2.45, 2.75) is 9.16 Å². The molecule has 0 aromatic heterocycles. The zero-order valence-electron chi connectivity index (χ0n) is 11.7. The van der Waals surface area contributed by atoms with Gasteiger partial charge in [-0.25, -0.2) is 0 Å². The molecule has 0 radical (unpaired) electrons. The highest BCUT2D eigenvalue weighted by atomic mass is 32.3. The van der Waals surface area contributed by atoms with Gasteiger partial charge in [-0.05, 0) is 12.5 Å². The molecule has 0 N–H and O–H groups in total. The fraction of sp³-hybridized carbons (Fsp3) is 0.500. The standard InChI is InChI=1S/C12H12S10/c1-13-5(14-2)8-19-11-12(20-8)22-10(21-11)9-17-6-7(18-9)16-4-3-15-6/h5,8H,3-4H2,1-2H3. The molecule has 0 bridgehead atoms. The smallest absolute Gasteiger partial charge is 0.0817 e. The van der Waals surface area contributed by atoms with E-state index in [0.717, 1.165) is 0 Å². The summed E-state index contributed by atoms with van der Waals surface area (Å²) in [7, 11) is 0. The third-order valence-corrected chi connectivity index (χ3v) is 18.6. The molecule has 0 unspecified atom stereocenters. The third kappa shape index (κ3) is 3.71. The summed E-state index contributed by atoms with van der Waals surface area (Å²) in [5.41, 5.74) is 0. The Bertz CT molecular complexity index is 532. The van der Waals surface area contributed by atoms with Crippen molar-refractivity contribution in [2.75, 3.05) is 24.0 Å². The van der Waals surface area contributed by atoms with Crippen LogP contribution >= 0.6 is 118 Å². The fourth-order valence-electron chi connectivity index (χ4n) is 1.97. The number of hydrogen-bond acceptors (Lipinski definition) is 10. The quantitative estimate of drug-likeness (QED) is 0.370. The van der Waals surface area contributed by atoms with Crippen LogP contribution in [0.2, 0.25) is 0 Å². The second-order valence-corrected chi connectivity index (χ2v) is 17.0. The van der Waals surface area contributed by atoms with Crippen molar-refractivity contribution in [3.8, 4) is 0 Å². The van der Waals surface area contributed by atoms with E-state index in [1.165, 1.54) is 20.0 Å². The van der Waals surface area contributed by atoms with E-state index in [1.54, 1.807) is 16.9 Å². The van der Waals surface area contributed by atoms with Gasteiger partial charge in [0, 0.05) is 11.5 Å². The first kappa shape index (κ1) is 18.1. The van der Waals surface area contributed by atoms with E-state index in [-0.39, 0.29) is 0 Å². The van der Waals surface area contributed by atoms with Crippen LogP contribution in [0.3, 0.4) is 0 Å². The molecule has 0 spiro atoms. The van der Waals surface area contributed by atoms with Crippen LogP contribution in [0.4, 0.5) is 0 Å². The van der Waals surface area contributed by atoms with E-state index >= 15 is 0 Å². The average molecular weight is 477 g/mol. The number of rotatable bonds is 3. The van der Waals surface area contributed by atoms with Crippen molar-refractivity contribution in [3.63, 3.8) is 0 Å². The van der Waals surface area contributed by atoms with Gasteiger partial charge in [-0.1, -0.05) is 47.0 Å². The summed E-state index contributed by atoms with van der Waals surface area (Å²) in [6, 6.07) is 0. The first-order valence-electron chi connectivity index (χ1n) is 6.37. The molecule has 0 saturated heterocycles. The maximum Gasteiger partial charge on any atom is 0.0817 e. The lowest BCUT2D eigenvalue weighted by molar-refractivity contribution is 1.38. The summed E-state index contributed by atoms with van der Waals surface area (Å²) >= 11 is 20.3. The van der Waals surface area contributed by atoms with Crippen molar-refractivity contribution in [1.82, 2.24) is 0 Å². The maximum absolute atomic E-state index is 2.23. The molecule has 0 amide bonds. The summed E-state index contributed by atoms with van der Waals surface area (Å²) in [6.07, 6.45) is 4.47. The van der Waals surface area contributed by atoms with Crippen molar-refractivity contribution in [1.29, 1.82) is 0 Å². The molecule has 10 heteroatoms. The van der Waals surface area contributed by atoms with E-state index in [0.29, 0.717) is 9.16 Å². The highest BCUT2D eigenvalue weighted by Gasteiger charge is 2.39. The van der Waals surface area contributed by atoms with Crippen molar-refractivity contribution < 1.29 is 0 Å². The Labute approximate surface area is 174 Å². The molecule has 4 heterocycles. The maximum atomic E-state index is 2.23. The number of thioether (sulfide) groups is 10.